The molecule has 1 aliphatic carbocycles. The van der Waals surface area contributed by atoms with Gasteiger partial charge in [0, 0.05) is 6.20 Å². The summed E-state index contributed by atoms with van der Waals surface area (Å²) in [5, 5.41) is 6.58. The first kappa shape index (κ1) is 18.6. The molecule has 30 heavy (non-hydrogen) atoms. The van der Waals surface area contributed by atoms with E-state index in [9.17, 15) is 9.18 Å². The van der Waals surface area contributed by atoms with Crippen molar-refractivity contribution in [3.05, 3.63) is 113 Å². The second-order valence-electron chi connectivity index (χ2n) is 8.00. The average Bonchev–Trinajstić information content (AvgIpc) is 3.62. The molecule has 5 rings (SSSR count). The van der Waals surface area contributed by atoms with Gasteiger partial charge in [-0.1, -0.05) is 66.7 Å². The molecular formula is C26H23FN2O. The Kier molecular flexibility index (Phi) is 4.83. The van der Waals surface area contributed by atoms with Crippen molar-refractivity contribution in [2.75, 3.05) is 0 Å². The minimum atomic E-state index is -0.276. The maximum absolute atomic E-state index is 13.8. The van der Waals surface area contributed by atoms with Crippen LogP contribution in [0.5, 0.6) is 0 Å². The zero-order valence-electron chi connectivity index (χ0n) is 16.5. The Balaban J connectivity index is 1.44. The number of halogens is 1. The molecule has 0 spiro atoms. The predicted molar refractivity (Wildman–Crippen MR) is 116 cm³/mol. The van der Waals surface area contributed by atoms with Crippen LogP contribution in [0.4, 0.5) is 4.39 Å². The standard InChI is InChI=1S/C26H23FN2O/c27-20-10-6-9-19(15-20)24(18-13-14-18)29-26(30)23-16-28-25(17-7-2-1-3-8-17)22-12-5-4-11-21(22)23/h1-12,15-16,18,24-25,28H,13-14H2,(H,29,30)/t24-,25?/m0/s1. The van der Waals surface area contributed by atoms with Crippen LogP contribution in [0.1, 0.15) is 47.2 Å². The zero-order chi connectivity index (χ0) is 20.5. The molecule has 0 aromatic heterocycles. The lowest BCUT2D eigenvalue weighted by Gasteiger charge is -2.28. The number of carbonyl (C=O) groups is 1. The molecule has 3 aromatic rings. The number of hydrogen-bond acceptors (Lipinski definition) is 2. The molecule has 1 heterocycles. The highest BCUT2D eigenvalue weighted by atomic mass is 19.1. The van der Waals surface area contributed by atoms with Gasteiger partial charge >= 0.3 is 0 Å². The zero-order valence-corrected chi connectivity index (χ0v) is 16.5. The number of rotatable bonds is 5. The first-order valence-corrected chi connectivity index (χ1v) is 10.4. The quantitative estimate of drug-likeness (QED) is 0.626. The van der Waals surface area contributed by atoms with Gasteiger partial charge in [0.1, 0.15) is 5.82 Å². The van der Waals surface area contributed by atoms with Gasteiger partial charge in [0.05, 0.1) is 17.7 Å². The van der Waals surface area contributed by atoms with Gasteiger partial charge in [-0.15, -0.1) is 0 Å². The largest absolute Gasteiger partial charge is 0.379 e. The van der Waals surface area contributed by atoms with E-state index in [1.54, 1.807) is 6.07 Å². The van der Waals surface area contributed by atoms with Crippen LogP contribution in [0.15, 0.2) is 85.1 Å². The number of fused-ring (bicyclic) bond motifs is 1. The molecule has 0 radical (unpaired) electrons. The predicted octanol–water partition coefficient (Wildman–Crippen LogP) is 5.13. The fourth-order valence-corrected chi connectivity index (χ4v) is 4.26. The molecule has 0 saturated heterocycles. The summed E-state index contributed by atoms with van der Waals surface area (Å²) in [5.41, 5.74) is 4.59. The molecule has 1 amide bonds. The number of hydrogen-bond donors (Lipinski definition) is 2. The molecular weight excluding hydrogens is 375 g/mol. The summed E-state index contributed by atoms with van der Waals surface area (Å²) in [6.45, 7) is 0. The summed E-state index contributed by atoms with van der Waals surface area (Å²) in [6.07, 6.45) is 3.90. The van der Waals surface area contributed by atoms with Gasteiger partial charge in [-0.3, -0.25) is 4.79 Å². The van der Waals surface area contributed by atoms with Crippen LogP contribution in [0.2, 0.25) is 0 Å². The summed E-state index contributed by atoms with van der Waals surface area (Å²) >= 11 is 0. The lowest BCUT2D eigenvalue weighted by molar-refractivity contribution is -0.116. The highest BCUT2D eigenvalue weighted by Crippen LogP contribution is 2.42. The monoisotopic (exact) mass is 398 g/mol. The van der Waals surface area contributed by atoms with Gasteiger partial charge in [-0.2, -0.15) is 0 Å². The smallest absolute Gasteiger partial charge is 0.253 e. The van der Waals surface area contributed by atoms with Crippen molar-refractivity contribution in [1.29, 1.82) is 0 Å². The van der Waals surface area contributed by atoms with E-state index in [1.165, 1.54) is 12.1 Å². The van der Waals surface area contributed by atoms with Crippen LogP contribution in [0.25, 0.3) is 5.57 Å². The summed E-state index contributed by atoms with van der Waals surface area (Å²) in [4.78, 5) is 13.3. The molecule has 3 aromatic carbocycles. The number of carbonyl (C=O) groups excluding carboxylic acids is 1. The Bertz CT molecular complexity index is 1100. The van der Waals surface area contributed by atoms with Gasteiger partial charge in [-0.05, 0) is 53.1 Å². The lowest BCUT2D eigenvalue weighted by atomic mass is 9.88. The number of amides is 1. The molecule has 0 bridgehead atoms. The van der Waals surface area contributed by atoms with Crippen molar-refractivity contribution in [1.82, 2.24) is 10.6 Å². The second-order valence-corrected chi connectivity index (χ2v) is 8.00. The Morgan fingerprint density at radius 2 is 1.73 bits per heavy atom. The Hall–Kier alpha value is -3.40. The van der Waals surface area contributed by atoms with E-state index < -0.39 is 0 Å². The molecule has 1 aliphatic heterocycles. The molecule has 4 heteroatoms. The molecule has 2 N–H and O–H groups in total. The van der Waals surface area contributed by atoms with Crippen LogP contribution in [0, 0.1) is 11.7 Å². The third-order valence-electron chi connectivity index (χ3n) is 5.92. The van der Waals surface area contributed by atoms with Gasteiger partial charge in [0.2, 0.25) is 0 Å². The Morgan fingerprint density at radius 1 is 0.967 bits per heavy atom. The van der Waals surface area contributed by atoms with Crippen LogP contribution in [-0.2, 0) is 4.79 Å². The summed E-state index contributed by atoms with van der Waals surface area (Å²) in [7, 11) is 0. The minimum absolute atomic E-state index is 0.00129. The van der Waals surface area contributed by atoms with Crippen molar-refractivity contribution in [2.45, 2.75) is 24.9 Å². The van der Waals surface area contributed by atoms with E-state index in [-0.39, 0.29) is 23.8 Å². The van der Waals surface area contributed by atoms with E-state index in [1.807, 2.05) is 48.7 Å². The van der Waals surface area contributed by atoms with Crippen molar-refractivity contribution in [3.8, 4) is 0 Å². The van der Waals surface area contributed by atoms with Gasteiger partial charge in [-0.25, -0.2) is 4.39 Å². The first-order chi connectivity index (χ1) is 14.7. The molecule has 3 nitrogen and oxygen atoms in total. The lowest BCUT2D eigenvalue weighted by Crippen LogP contribution is -2.33. The third-order valence-corrected chi connectivity index (χ3v) is 5.92. The normalized spacial score (nSPS) is 18.6. The molecule has 1 unspecified atom stereocenters. The third kappa shape index (κ3) is 3.61. The van der Waals surface area contributed by atoms with Crippen LogP contribution < -0.4 is 10.6 Å². The van der Waals surface area contributed by atoms with Crippen LogP contribution in [-0.4, -0.2) is 5.91 Å². The van der Waals surface area contributed by atoms with Gasteiger partial charge in [0.25, 0.3) is 5.91 Å². The Morgan fingerprint density at radius 3 is 2.50 bits per heavy atom. The van der Waals surface area contributed by atoms with Gasteiger partial charge < -0.3 is 10.6 Å². The molecule has 1 saturated carbocycles. The topological polar surface area (TPSA) is 41.1 Å². The maximum atomic E-state index is 13.8. The molecule has 150 valence electrons. The molecule has 1 fully saturated rings. The first-order valence-electron chi connectivity index (χ1n) is 10.4. The second kappa shape index (κ2) is 7.79. The fourth-order valence-electron chi connectivity index (χ4n) is 4.26. The van der Waals surface area contributed by atoms with E-state index in [0.717, 1.165) is 35.1 Å². The van der Waals surface area contributed by atoms with Crippen molar-refractivity contribution >= 4 is 11.5 Å². The van der Waals surface area contributed by atoms with Gasteiger partial charge in [0.15, 0.2) is 0 Å². The fraction of sp³-hybridized carbons (Fsp3) is 0.192. The highest BCUT2D eigenvalue weighted by Gasteiger charge is 2.35. The SMILES string of the molecule is O=C(N[C@H](c1cccc(F)c1)C1CC1)C1=CNC(c2ccccc2)c2ccccc21. The van der Waals surface area contributed by atoms with Crippen molar-refractivity contribution < 1.29 is 9.18 Å². The number of nitrogens with one attached hydrogen (secondary N) is 2. The van der Waals surface area contributed by atoms with E-state index >= 15 is 0 Å². The summed E-state index contributed by atoms with van der Waals surface area (Å²) < 4.78 is 13.8. The summed E-state index contributed by atoms with van der Waals surface area (Å²) in [6, 6.07) is 24.6. The summed E-state index contributed by atoms with van der Waals surface area (Å²) in [5.74, 6) is -0.0511. The molecule has 2 aliphatic rings. The van der Waals surface area contributed by atoms with E-state index in [2.05, 4.69) is 28.8 Å². The van der Waals surface area contributed by atoms with E-state index in [0.29, 0.717) is 11.5 Å². The average molecular weight is 398 g/mol. The molecule has 2 atom stereocenters. The highest BCUT2D eigenvalue weighted by molar-refractivity contribution is 6.20. The maximum Gasteiger partial charge on any atom is 0.253 e. The van der Waals surface area contributed by atoms with E-state index in [4.69, 9.17) is 0 Å². The minimum Gasteiger partial charge on any atom is -0.379 e. The number of benzene rings is 3. The Labute approximate surface area is 175 Å². The van der Waals surface area contributed by atoms with Crippen LogP contribution >= 0.6 is 0 Å². The van der Waals surface area contributed by atoms with Crippen molar-refractivity contribution in [2.24, 2.45) is 5.92 Å². The van der Waals surface area contributed by atoms with Crippen LogP contribution in [0.3, 0.4) is 0 Å². The van der Waals surface area contributed by atoms with Crippen molar-refractivity contribution in [3.63, 3.8) is 0 Å².